The van der Waals surface area contributed by atoms with E-state index in [2.05, 4.69) is 11.4 Å². The van der Waals surface area contributed by atoms with E-state index in [1.165, 1.54) is 4.90 Å². The standard InChI is InChI=1S/C12H15NO3S/c1-2-10-11(16-6-5-15-10)7-9(1)17-12-8-14-4-3-13-12/h1-2,7,12-13H,3-6,8H2. The molecule has 1 N–H and O–H groups in total. The van der Waals surface area contributed by atoms with Crippen molar-refractivity contribution in [2.24, 2.45) is 0 Å². The lowest BCUT2D eigenvalue weighted by Gasteiger charge is -2.24. The Morgan fingerprint density at radius 2 is 2.00 bits per heavy atom. The summed E-state index contributed by atoms with van der Waals surface area (Å²) in [6, 6.07) is 6.07. The molecule has 1 saturated heterocycles. The van der Waals surface area contributed by atoms with Crippen LogP contribution in [-0.4, -0.2) is 38.3 Å². The Bertz CT molecular complexity index is 393. The summed E-state index contributed by atoms with van der Waals surface area (Å²) in [6.07, 6.45) is 0. The molecule has 17 heavy (non-hydrogen) atoms. The highest BCUT2D eigenvalue weighted by Crippen LogP contribution is 2.35. The van der Waals surface area contributed by atoms with Crippen molar-refractivity contribution in [3.8, 4) is 11.5 Å². The van der Waals surface area contributed by atoms with Gasteiger partial charge in [-0.15, -0.1) is 11.8 Å². The molecule has 2 aliphatic heterocycles. The van der Waals surface area contributed by atoms with Gasteiger partial charge in [-0.1, -0.05) is 0 Å². The van der Waals surface area contributed by atoms with E-state index in [9.17, 15) is 0 Å². The number of rotatable bonds is 2. The fourth-order valence-corrected chi connectivity index (χ4v) is 2.89. The molecular formula is C12H15NO3S. The maximum atomic E-state index is 5.56. The molecule has 1 atom stereocenters. The first-order chi connectivity index (χ1) is 8.42. The Labute approximate surface area is 105 Å². The third kappa shape index (κ3) is 2.68. The van der Waals surface area contributed by atoms with Gasteiger partial charge in [0.15, 0.2) is 11.5 Å². The lowest BCUT2D eigenvalue weighted by Crippen LogP contribution is -2.38. The Hall–Kier alpha value is -0.910. The van der Waals surface area contributed by atoms with Crippen molar-refractivity contribution in [1.29, 1.82) is 0 Å². The minimum Gasteiger partial charge on any atom is -0.486 e. The molecular weight excluding hydrogens is 238 g/mol. The Morgan fingerprint density at radius 3 is 2.82 bits per heavy atom. The van der Waals surface area contributed by atoms with Crippen molar-refractivity contribution >= 4 is 11.8 Å². The second-order valence-electron chi connectivity index (χ2n) is 3.94. The summed E-state index contributed by atoms with van der Waals surface area (Å²) in [7, 11) is 0. The van der Waals surface area contributed by atoms with Gasteiger partial charge in [-0.2, -0.15) is 0 Å². The fraction of sp³-hybridized carbons (Fsp3) is 0.500. The van der Waals surface area contributed by atoms with Gasteiger partial charge in [-0.25, -0.2) is 0 Å². The monoisotopic (exact) mass is 253 g/mol. The van der Waals surface area contributed by atoms with Crippen LogP contribution >= 0.6 is 11.8 Å². The van der Waals surface area contributed by atoms with Crippen LogP contribution in [0.25, 0.3) is 0 Å². The van der Waals surface area contributed by atoms with Crippen LogP contribution in [0, 0.1) is 0 Å². The van der Waals surface area contributed by atoms with Gasteiger partial charge in [0.05, 0.1) is 18.6 Å². The summed E-state index contributed by atoms with van der Waals surface area (Å²) < 4.78 is 16.5. The first-order valence-electron chi connectivity index (χ1n) is 5.79. The Balaban J connectivity index is 1.70. The van der Waals surface area contributed by atoms with E-state index in [0.29, 0.717) is 18.6 Å². The third-order valence-corrected chi connectivity index (χ3v) is 3.79. The largest absolute Gasteiger partial charge is 0.486 e. The molecule has 1 unspecified atom stereocenters. The molecule has 1 fully saturated rings. The molecule has 2 aliphatic rings. The molecule has 0 amide bonds. The van der Waals surface area contributed by atoms with Crippen molar-refractivity contribution in [2.45, 2.75) is 10.3 Å². The van der Waals surface area contributed by atoms with Crippen LogP contribution in [-0.2, 0) is 4.74 Å². The second kappa shape index (κ2) is 5.16. The van der Waals surface area contributed by atoms with Crippen LogP contribution in [0.2, 0.25) is 0 Å². The lowest BCUT2D eigenvalue weighted by atomic mass is 10.3. The summed E-state index contributed by atoms with van der Waals surface area (Å²) in [5, 5.41) is 3.74. The quantitative estimate of drug-likeness (QED) is 0.865. The van der Waals surface area contributed by atoms with Gasteiger partial charge in [-0.3, -0.25) is 0 Å². The van der Waals surface area contributed by atoms with Crippen LogP contribution < -0.4 is 14.8 Å². The number of ether oxygens (including phenoxy) is 3. The van der Waals surface area contributed by atoms with Crippen molar-refractivity contribution < 1.29 is 14.2 Å². The van der Waals surface area contributed by atoms with Crippen molar-refractivity contribution in [1.82, 2.24) is 5.32 Å². The minimum atomic E-state index is 0.325. The highest BCUT2D eigenvalue weighted by Gasteiger charge is 2.16. The highest BCUT2D eigenvalue weighted by molar-refractivity contribution is 8.00. The van der Waals surface area contributed by atoms with Crippen LogP contribution in [0.3, 0.4) is 0 Å². The maximum Gasteiger partial charge on any atom is 0.162 e. The number of benzene rings is 1. The zero-order valence-corrected chi connectivity index (χ0v) is 10.3. The first kappa shape index (κ1) is 11.2. The zero-order valence-electron chi connectivity index (χ0n) is 9.48. The van der Waals surface area contributed by atoms with Gasteiger partial charge in [0.1, 0.15) is 13.2 Å². The van der Waals surface area contributed by atoms with Crippen LogP contribution in [0.4, 0.5) is 0 Å². The zero-order chi connectivity index (χ0) is 11.5. The van der Waals surface area contributed by atoms with Crippen LogP contribution in [0.5, 0.6) is 11.5 Å². The van der Waals surface area contributed by atoms with Gasteiger partial charge in [0.25, 0.3) is 0 Å². The minimum absolute atomic E-state index is 0.325. The van der Waals surface area contributed by atoms with E-state index >= 15 is 0 Å². The molecule has 0 aliphatic carbocycles. The number of hydrogen-bond donors (Lipinski definition) is 1. The van der Waals surface area contributed by atoms with Crippen LogP contribution in [0.15, 0.2) is 23.1 Å². The molecule has 5 heteroatoms. The molecule has 4 nitrogen and oxygen atoms in total. The second-order valence-corrected chi connectivity index (χ2v) is 5.22. The third-order valence-electron chi connectivity index (χ3n) is 2.68. The Kier molecular flexibility index (Phi) is 3.40. The lowest BCUT2D eigenvalue weighted by molar-refractivity contribution is 0.100. The fourth-order valence-electron chi connectivity index (χ4n) is 1.88. The topological polar surface area (TPSA) is 39.7 Å². The smallest absolute Gasteiger partial charge is 0.162 e. The summed E-state index contributed by atoms with van der Waals surface area (Å²) in [4.78, 5) is 1.18. The number of hydrogen-bond acceptors (Lipinski definition) is 5. The van der Waals surface area contributed by atoms with E-state index < -0.39 is 0 Å². The first-order valence-corrected chi connectivity index (χ1v) is 6.67. The van der Waals surface area contributed by atoms with Crippen molar-refractivity contribution in [3.05, 3.63) is 18.2 Å². The molecule has 0 bridgehead atoms. The van der Waals surface area contributed by atoms with E-state index in [0.717, 1.165) is 31.3 Å². The van der Waals surface area contributed by atoms with Crippen molar-refractivity contribution in [2.75, 3.05) is 33.0 Å². The molecule has 2 heterocycles. The molecule has 3 rings (SSSR count). The predicted octanol–water partition coefficient (Wildman–Crippen LogP) is 1.50. The molecule has 0 aromatic heterocycles. The number of nitrogens with one attached hydrogen (secondary N) is 1. The predicted molar refractivity (Wildman–Crippen MR) is 65.9 cm³/mol. The maximum absolute atomic E-state index is 5.56. The van der Waals surface area contributed by atoms with Gasteiger partial charge in [0.2, 0.25) is 0 Å². The molecule has 0 radical (unpaired) electrons. The highest BCUT2D eigenvalue weighted by atomic mass is 32.2. The molecule has 1 aromatic carbocycles. The molecule has 0 spiro atoms. The van der Waals surface area contributed by atoms with Crippen molar-refractivity contribution in [3.63, 3.8) is 0 Å². The summed E-state index contributed by atoms with van der Waals surface area (Å²) in [5.41, 5.74) is 0. The summed E-state index contributed by atoms with van der Waals surface area (Å²) >= 11 is 1.77. The number of thioether (sulfide) groups is 1. The van der Waals surface area contributed by atoms with Gasteiger partial charge in [0, 0.05) is 11.4 Å². The normalized spacial score (nSPS) is 23.4. The SMILES string of the molecule is c1cc2c(cc1SC1COCCN1)OCCO2. The van der Waals surface area contributed by atoms with Gasteiger partial charge < -0.3 is 19.5 Å². The average molecular weight is 253 g/mol. The molecule has 0 saturated carbocycles. The van der Waals surface area contributed by atoms with Gasteiger partial charge in [-0.05, 0) is 18.2 Å². The van der Waals surface area contributed by atoms with Crippen LogP contribution in [0.1, 0.15) is 0 Å². The Morgan fingerprint density at radius 1 is 1.12 bits per heavy atom. The van der Waals surface area contributed by atoms with E-state index in [1.807, 2.05) is 12.1 Å². The average Bonchev–Trinajstić information content (AvgIpc) is 2.40. The number of morpholine rings is 1. The summed E-state index contributed by atoms with van der Waals surface area (Å²) in [6.45, 7) is 3.74. The van der Waals surface area contributed by atoms with E-state index in [-0.39, 0.29) is 0 Å². The number of fused-ring (bicyclic) bond motifs is 1. The van der Waals surface area contributed by atoms with E-state index in [4.69, 9.17) is 14.2 Å². The van der Waals surface area contributed by atoms with Gasteiger partial charge >= 0.3 is 0 Å². The molecule has 1 aromatic rings. The summed E-state index contributed by atoms with van der Waals surface area (Å²) in [5.74, 6) is 1.69. The molecule has 92 valence electrons. The van der Waals surface area contributed by atoms with E-state index in [1.54, 1.807) is 11.8 Å².